The molecule has 0 amide bonds. The van der Waals surface area contributed by atoms with Gasteiger partial charge in [0.2, 0.25) is 0 Å². The molecule has 0 aliphatic rings. The van der Waals surface area contributed by atoms with Crippen molar-refractivity contribution in [2.45, 2.75) is 20.0 Å². The van der Waals surface area contributed by atoms with Crippen LogP contribution in [0.15, 0.2) is 53.5 Å². The summed E-state index contributed by atoms with van der Waals surface area (Å²) < 4.78 is 18.3. The highest BCUT2D eigenvalue weighted by Crippen LogP contribution is 2.19. The Kier molecular flexibility index (Phi) is 7.12. The third-order valence-corrected chi connectivity index (χ3v) is 4.54. The second kappa shape index (κ2) is 9.33. The summed E-state index contributed by atoms with van der Waals surface area (Å²) in [6.45, 7) is 3.53. The van der Waals surface area contributed by atoms with Gasteiger partial charge in [0, 0.05) is 20.1 Å². The lowest BCUT2D eigenvalue weighted by Crippen LogP contribution is -2.28. The summed E-state index contributed by atoms with van der Waals surface area (Å²) in [6, 6.07) is 14.7. The fourth-order valence-electron chi connectivity index (χ4n) is 2.38. The third kappa shape index (κ3) is 5.27. The lowest BCUT2D eigenvalue weighted by Gasteiger charge is -2.26. The summed E-state index contributed by atoms with van der Waals surface area (Å²) in [5.41, 5.74) is 2.23. The number of aliphatic imine (C=N–C) groups is 1. The largest absolute Gasteiger partial charge is 0.497 e. The van der Waals surface area contributed by atoms with Gasteiger partial charge in [0.05, 0.1) is 7.11 Å². The van der Waals surface area contributed by atoms with E-state index in [4.69, 9.17) is 4.74 Å². The number of thioether (sulfide) groups is 1. The maximum atomic E-state index is 13.1. The zero-order valence-corrected chi connectivity index (χ0v) is 15.1. The van der Waals surface area contributed by atoms with Gasteiger partial charge in [-0.05, 0) is 41.1 Å². The molecule has 0 radical (unpaired) electrons. The average Bonchev–Trinajstić information content (AvgIpc) is 2.61. The molecule has 2 aromatic rings. The Hall–Kier alpha value is -2.01. The van der Waals surface area contributed by atoms with Crippen LogP contribution in [0.5, 0.6) is 5.75 Å². The predicted molar refractivity (Wildman–Crippen MR) is 100 cm³/mol. The van der Waals surface area contributed by atoms with Crippen molar-refractivity contribution >= 4 is 16.9 Å². The Morgan fingerprint density at radius 1 is 1.04 bits per heavy atom. The van der Waals surface area contributed by atoms with Gasteiger partial charge in [-0.1, -0.05) is 43.0 Å². The second-order valence-corrected chi connectivity index (χ2v) is 6.50. The van der Waals surface area contributed by atoms with Crippen LogP contribution in [0.1, 0.15) is 18.1 Å². The van der Waals surface area contributed by atoms with E-state index in [0.717, 1.165) is 28.8 Å². The van der Waals surface area contributed by atoms with Crippen molar-refractivity contribution in [1.82, 2.24) is 4.90 Å². The van der Waals surface area contributed by atoms with Gasteiger partial charge in [-0.15, -0.1) is 0 Å². The Bertz CT molecular complexity index is 656. The van der Waals surface area contributed by atoms with Gasteiger partial charge < -0.3 is 9.64 Å². The van der Waals surface area contributed by atoms with E-state index in [0.29, 0.717) is 6.54 Å². The number of nitrogens with zero attached hydrogens (tertiary/aromatic N) is 2. The van der Waals surface area contributed by atoms with E-state index in [1.54, 1.807) is 18.9 Å². The fourth-order valence-corrected chi connectivity index (χ4v) is 3.08. The van der Waals surface area contributed by atoms with Crippen LogP contribution in [0.4, 0.5) is 4.39 Å². The highest BCUT2D eigenvalue weighted by atomic mass is 32.2. The Labute approximate surface area is 147 Å². The van der Waals surface area contributed by atoms with E-state index in [1.165, 1.54) is 17.7 Å². The Balaban J connectivity index is 2.19. The molecule has 0 bridgehead atoms. The molecule has 2 aromatic carbocycles. The zero-order valence-electron chi connectivity index (χ0n) is 14.3. The highest BCUT2D eigenvalue weighted by Gasteiger charge is 2.13. The summed E-state index contributed by atoms with van der Waals surface area (Å²) in [6.07, 6.45) is 0. The van der Waals surface area contributed by atoms with Crippen LogP contribution >= 0.6 is 11.8 Å². The predicted octanol–water partition coefficient (Wildman–Crippen LogP) is 4.58. The van der Waals surface area contributed by atoms with Crippen LogP contribution in [0, 0.1) is 5.82 Å². The van der Waals surface area contributed by atoms with Gasteiger partial charge >= 0.3 is 0 Å². The first-order valence-corrected chi connectivity index (χ1v) is 8.86. The SMILES string of the molecule is CCSC(=NC)N(Cc1ccc(F)cc1)Cc1ccc(OC)cc1. The molecular formula is C19H23FN2OS. The molecule has 0 aliphatic carbocycles. The minimum atomic E-state index is -0.215. The maximum absolute atomic E-state index is 13.1. The van der Waals surface area contributed by atoms with Gasteiger partial charge in [0.15, 0.2) is 5.17 Å². The molecule has 3 nitrogen and oxygen atoms in total. The first-order chi connectivity index (χ1) is 11.7. The number of hydrogen-bond donors (Lipinski definition) is 0. The molecule has 0 spiro atoms. The quantitative estimate of drug-likeness (QED) is 0.565. The normalized spacial score (nSPS) is 11.4. The van der Waals surface area contributed by atoms with Gasteiger partial charge in [-0.25, -0.2) is 4.39 Å². The molecule has 0 aliphatic heterocycles. The smallest absolute Gasteiger partial charge is 0.159 e. The monoisotopic (exact) mass is 346 g/mol. The number of ether oxygens (including phenoxy) is 1. The third-order valence-electron chi connectivity index (χ3n) is 3.55. The van der Waals surface area contributed by atoms with Crippen LogP contribution < -0.4 is 4.74 Å². The number of hydrogen-bond acceptors (Lipinski definition) is 3. The molecule has 24 heavy (non-hydrogen) atoms. The van der Waals surface area contributed by atoms with E-state index >= 15 is 0 Å². The number of benzene rings is 2. The number of halogens is 1. The van der Waals surface area contributed by atoms with Crippen LogP contribution in [0.3, 0.4) is 0 Å². The fraction of sp³-hybridized carbons (Fsp3) is 0.316. The van der Waals surface area contributed by atoms with E-state index in [1.807, 2.05) is 31.3 Å². The van der Waals surface area contributed by atoms with E-state index in [2.05, 4.69) is 28.9 Å². The molecular weight excluding hydrogens is 323 g/mol. The van der Waals surface area contributed by atoms with Crippen molar-refractivity contribution in [3.05, 3.63) is 65.5 Å². The number of methoxy groups -OCH3 is 1. The second-order valence-electron chi connectivity index (χ2n) is 5.27. The topological polar surface area (TPSA) is 24.8 Å². The maximum Gasteiger partial charge on any atom is 0.159 e. The van der Waals surface area contributed by atoms with Gasteiger partial charge in [0.25, 0.3) is 0 Å². The summed E-state index contributed by atoms with van der Waals surface area (Å²) in [7, 11) is 3.47. The molecule has 2 rings (SSSR count). The molecule has 0 aromatic heterocycles. The molecule has 0 saturated carbocycles. The highest BCUT2D eigenvalue weighted by molar-refractivity contribution is 8.13. The van der Waals surface area contributed by atoms with E-state index in [-0.39, 0.29) is 5.82 Å². The Morgan fingerprint density at radius 2 is 1.58 bits per heavy atom. The summed E-state index contributed by atoms with van der Waals surface area (Å²) in [5.74, 6) is 1.58. The van der Waals surface area contributed by atoms with Gasteiger partial charge in [0.1, 0.15) is 11.6 Å². The van der Waals surface area contributed by atoms with Crippen molar-refractivity contribution in [2.24, 2.45) is 4.99 Å². The van der Waals surface area contributed by atoms with Crippen molar-refractivity contribution in [3.8, 4) is 5.75 Å². The van der Waals surface area contributed by atoms with Crippen LogP contribution in [0.2, 0.25) is 0 Å². The van der Waals surface area contributed by atoms with Gasteiger partial charge in [-0.3, -0.25) is 4.99 Å². The molecule has 0 saturated heterocycles. The number of amidine groups is 1. The van der Waals surface area contributed by atoms with Crippen molar-refractivity contribution in [2.75, 3.05) is 19.9 Å². The summed E-state index contributed by atoms with van der Waals surface area (Å²) >= 11 is 1.71. The molecule has 128 valence electrons. The molecule has 5 heteroatoms. The molecule has 0 fully saturated rings. The molecule has 0 unspecified atom stereocenters. The molecule has 0 heterocycles. The lowest BCUT2D eigenvalue weighted by molar-refractivity contribution is 0.408. The lowest BCUT2D eigenvalue weighted by atomic mass is 10.1. The summed E-state index contributed by atoms with van der Waals surface area (Å²) in [5, 5.41) is 0.984. The first kappa shape index (κ1) is 18.3. The first-order valence-electron chi connectivity index (χ1n) is 7.88. The zero-order chi connectivity index (χ0) is 17.4. The van der Waals surface area contributed by atoms with Crippen molar-refractivity contribution < 1.29 is 9.13 Å². The van der Waals surface area contributed by atoms with Crippen LogP contribution in [0.25, 0.3) is 0 Å². The summed E-state index contributed by atoms with van der Waals surface area (Å²) in [4.78, 5) is 6.64. The minimum absolute atomic E-state index is 0.215. The van der Waals surface area contributed by atoms with Crippen molar-refractivity contribution in [1.29, 1.82) is 0 Å². The standard InChI is InChI=1S/C19H23FN2OS/c1-4-24-19(21-2)22(13-15-5-9-17(20)10-6-15)14-16-7-11-18(23-3)12-8-16/h5-12H,4,13-14H2,1-3H3. The van der Waals surface area contributed by atoms with Crippen molar-refractivity contribution in [3.63, 3.8) is 0 Å². The van der Waals surface area contributed by atoms with E-state index in [9.17, 15) is 4.39 Å². The van der Waals surface area contributed by atoms with Crippen LogP contribution in [-0.2, 0) is 13.1 Å². The molecule has 0 atom stereocenters. The van der Waals surface area contributed by atoms with E-state index < -0.39 is 0 Å². The van der Waals surface area contributed by atoms with Gasteiger partial charge in [-0.2, -0.15) is 0 Å². The minimum Gasteiger partial charge on any atom is -0.497 e. The average molecular weight is 346 g/mol. The number of rotatable bonds is 6. The molecule has 0 N–H and O–H groups in total. The Morgan fingerprint density at radius 3 is 2.04 bits per heavy atom. The van der Waals surface area contributed by atoms with Crippen LogP contribution in [-0.4, -0.2) is 30.0 Å².